The van der Waals surface area contributed by atoms with Crippen LogP contribution < -0.4 is 4.90 Å². The van der Waals surface area contributed by atoms with Crippen LogP contribution in [0.2, 0.25) is 10.0 Å². The van der Waals surface area contributed by atoms with E-state index in [0.29, 0.717) is 22.3 Å². The summed E-state index contributed by atoms with van der Waals surface area (Å²) in [6, 6.07) is 4.76. The lowest BCUT2D eigenvalue weighted by atomic mass is 10.1. The van der Waals surface area contributed by atoms with E-state index in [1.807, 2.05) is 0 Å². The molecule has 0 saturated carbocycles. The van der Waals surface area contributed by atoms with Gasteiger partial charge in [0.1, 0.15) is 5.92 Å². The Morgan fingerprint density at radius 3 is 2.71 bits per heavy atom. The van der Waals surface area contributed by atoms with E-state index in [4.69, 9.17) is 28.3 Å². The molecule has 1 atom stereocenters. The number of carbonyl (C=O) groups excluding carboxylic acids is 1. The first kappa shape index (κ1) is 12.2. The van der Waals surface area contributed by atoms with Crippen LogP contribution in [0.15, 0.2) is 18.2 Å². The van der Waals surface area contributed by atoms with E-state index < -0.39 is 17.8 Å². The number of amides is 1. The van der Waals surface area contributed by atoms with Crippen molar-refractivity contribution in [3.8, 4) is 0 Å². The van der Waals surface area contributed by atoms with Crippen LogP contribution >= 0.6 is 23.2 Å². The zero-order chi connectivity index (χ0) is 12.6. The molecule has 2 rings (SSSR count). The monoisotopic (exact) mass is 273 g/mol. The van der Waals surface area contributed by atoms with Crippen molar-refractivity contribution in [2.75, 3.05) is 11.4 Å². The van der Waals surface area contributed by atoms with E-state index in [1.165, 1.54) is 4.90 Å². The van der Waals surface area contributed by atoms with Crippen molar-refractivity contribution in [2.24, 2.45) is 5.92 Å². The van der Waals surface area contributed by atoms with Crippen LogP contribution in [0.4, 0.5) is 5.69 Å². The van der Waals surface area contributed by atoms with Gasteiger partial charge in [-0.05, 0) is 24.6 Å². The summed E-state index contributed by atoms with van der Waals surface area (Å²) in [5.41, 5.74) is 0.466. The average molecular weight is 274 g/mol. The zero-order valence-electron chi connectivity index (χ0n) is 8.69. The number of hydrogen-bond donors (Lipinski definition) is 1. The number of anilines is 1. The van der Waals surface area contributed by atoms with Gasteiger partial charge in [-0.1, -0.05) is 23.2 Å². The maximum absolute atomic E-state index is 11.9. The molecule has 1 aliphatic rings. The molecule has 4 nitrogen and oxygen atoms in total. The molecule has 1 aromatic carbocycles. The van der Waals surface area contributed by atoms with E-state index in [9.17, 15) is 9.59 Å². The lowest BCUT2D eigenvalue weighted by molar-refractivity contribution is -0.144. The lowest BCUT2D eigenvalue weighted by Gasteiger charge is -2.17. The largest absolute Gasteiger partial charge is 0.481 e. The minimum atomic E-state index is -1.10. The third-order valence-electron chi connectivity index (χ3n) is 2.70. The van der Waals surface area contributed by atoms with E-state index in [2.05, 4.69) is 0 Å². The second-order valence-corrected chi connectivity index (χ2v) is 4.61. The van der Waals surface area contributed by atoms with Gasteiger partial charge in [0.25, 0.3) is 0 Å². The molecule has 1 heterocycles. The molecule has 6 heteroatoms. The summed E-state index contributed by atoms with van der Waals surface area (Å²) in [7, 11) is 0. The van der Waals surface area contributed by atoms with Crippen molar-refractivity contribution < 1.29 is 14.7 Å². The average Bonchev–Trinajstić information content (AvgIpc) is 2.64. The number of carboxylic acids is 1. The Labute approximate surface area is 108 Å². The molecule has 1 aromatic rings. The zero-order valence-corrected chi connectivity index (χ0v) is 10.2. The van der Waals surface area contributed by atoms with Gasteiger partial charge in [-0.15, -0.1) is 0 Å². The summed E-state index contributed by atoms with van der Waals surface area (Å²) < 4.78 is 0. The Hall–Kier alpha value is -1.26. The minimum Gasteiger partial charge on any atom is -0.481 e. The van der Waals surface area contributed by atoms with Crippen LogP contribution in [0.3, 0.4) is 0 Å². The standard InChI is InChI=1S/C11H9Cl2NO3/c12-6-1-2-8(13)9(5-6)14-4-3-7(10(14)15)11(16)17/h1-2,5,7H,3-4H2,(H,16,17)/t7-/m1/s1. The molecule has 1 N–H and O–H groups in total. The van der Waals surface area contributed by atoms with Crippen molar-refractivity contribution in [3.05, 3.63) is 28.2 Å². The molecule has 17 heavy (non-hydrogen) atoms. The van der Waals surface area contributed by atoms with Gasteiger partial charge in [-0.2, -0.15) is 0 Å². The topological polar surface area (TPSA) is 57.6 Å². The van der Waals surface area contributed by atoms with Crippen molar-refractivity contribution in [3.63, 3.8) is 0 Å². The Morgan fingerprint density at radius 2 is 2.12 bits per heavy atom. The Bertz CT molecular complexity index is 490. The molecule has 1 amide bonds. The summed E-state index contributed by atoms with van der Waals surface area (Å²) in [6.07, 6.45) is 0.289. The quantitative estimate of drug-likeness (QED) is 0.842. The van der Waals surface area contributed by atoms with Gasteiger partial charge in [0.2, 0.25) is 5.91 Å². The van der Waals surface area contributed by atoms with E-state index in [-0.39, 0.29) is 6.42 Å². The predicted octanol–water partition coefficient (Wildman–Crippen LogP) is 2.43. The normalized spacial score (nSPS) is 19.8. The van der Waals surface area contributed by atoms with E-state index in [1.54, 1.807) is 18.2 Å². The molecule has 0 bridgehead atoms. The van der Waals surface area contributed by atoms with E-state index >= 15 is 0 Å². The van der Waals surface area contributed by atoms with Gasteiger partial charge in [-0.3, -0.25) is 9.59 Å². The van der Waals surface area contributed by atoms with Crippen LogP contribution in [-0.2, 0) is 9.59 Å². The summed E-state index contributed by atoms with van der Waals surface area (Å²) in [6.45, 7) is 0.343. The Balaban J connectivity index is 2.33. The first-order valence-electron chi connectivity index (χ1n) is 5.00. The van der Waals surface area contributed by atoms with Crippen molar-refractivity contribution >= 4 is 40.8 Å². The molecule has 0 aliphatic carbocycles. The third kappa shape index (κ3) is 2.23. The van der Waals surface area contributed by atoms with Crippen LogP contribution in [-0.4, -0.2) is 23.5 Å². The SMILES string of the molecule is O=C(O)[C@@H]1CCN(c2cc(Cl)ccc2Cl)C1=O. The fourth-order valence-electron chi connectivity index (χ4n) is 1.84. The number of carboxylic acid groups (broad SMARTS) is 1. The van der Waals surface area contributed by atoms with Gasteiger partial charge >= 0.3 is 5.97 Å². The van der Waals surface area contributed by atoms with Crippen molar-refractivity contribution in [1.29, 1.82) is 0 Å². The molecular formula is C11H9Cl2NO3. The Kier molecular flexibility index (Phi) is 3.26. The van der Waals surface area contributed by atoms with Gasteiger partial charge in [0.15, 0.2) is 0 Å². The molecule has 1 aliphatic heterocycles. The van der Waals surface area contributed by atoms with Crippen LogP contribution in [0.5, 0.6) is 0 Å². The maximum Gasteiger partial charge on any atom is 0.316 e. The van der Waals surface area contributed by atoms with Crippen molar-refractivity contribution in [1.82, 2.24) is 0 Å². The summed E-state index contributed by atoms with van der Waals surface area (Å²) >= 11 is 11.8. The van der Waals surface area contributed by atoms with Gasteiger partial charge in [0, 0.05) is 11.6 Å². The third-order valence-corrected chi connectivity index (χ3v) is 3.26. The molecular weight excluding hydrogens is 265 g/mol. The number of nitrogens with zero attached hydrogens (tertiary/aromatic N) is 1. The number of carbonyl (C=O) groups is 2. The molecule has 90 valence electrons. The molecule has 0 aromatic heterocycles. The first-order chi connectivity index (χ1) is 8.00. The highest BCUT2D eigenvalue weighted by Gasteiger charge is 2.38. The summed E-state index contributed by atoms with van der Waals surface area (Å²) in [5, 5.41) is 9.70. The number of aliphatic carboxylic acids is 1. The van der Waals surface area contributed by atoms with E-state index in [0.717, 1.165) is 0 Å². The van der Waals surface area contributed by atoms with Gasteiger partial charge in [-0.25, -0.2) is 0 Å². The van der Waals surface area contributed by atoms with Crippen LogP contribution in [0, 0.1) is 5.92 Å². The second kappa shape index (κ2) is 4.55. The highest BCUT2D eigenvalue weighted by Crippen LogP contribution is 2.33. The first-order valence-corrected chi connectivity index (χ1v) is 5.75. The highest BCUT2D eigenvalue weighted by molar-refractivity contribution is 6.36. The maximum atomic E-state index is 11.9. The highest BCUT2D eigenvalue weighted by atomic mass is 35.5. The summed E-state index contributed by atoms with van der Waals surface area (Å²) in [4.78, 5) is 24.1. The fourth-order valence-corrected chi connectivity index (χ4v) is 2.23. The lowest BCUT2D eigenvalue weighted by Crippen LogP contribution is -2.30. The Morgan fingerprint density at radius 1 is 1.41 bits per heavy atom. The number of benzene rings is 1. The fraction of sp³-hybridized carbons (Fsp3) is 0.273. The molecule has 0 radical (unpaired) electrons. The van der Waals surface area contributed by atoms with Crippen LogP contribution in [0.1, 0.15) is 6.42 Å². The molecule has 0 spiro atoms. The van der Waals surface area contributed by atoms with Gasteiger partial charge in [0.05, 0.1) is 10.7 Å². The molecule has 1 fully saturated rings. The predicted molar refractivity (Wildman–Crippen MR) is 64.6 cm³/mol. The number of rotatable bonds is 2. The summed E-state index contributed by atoms with van der Waals surface area (Å²) in [5.74, 6) is -2.53. The smallest absolute Gasteiger partial charge is 0.316 e. The molecule has 0 unspecified atom stereocenters. The number of hydrogen-bond acceptors (Lipinski definition) is 2. The van der Waals surface area contributed by atoms with Crippen LogP contribution in [0.25, 0.3) is 0 Å². The molecule has 1 saturated heterocycles. The van der Waals surface area contributed by atoms with Crippen molar-refractivity contribution in [2.45, 2.75) is 6.42 Å². The number of halogens is 2. The van der Waals surface area contributed by atoms with Gasteiger partial charge < -0.3 is 10.0 Å². The second-order valence-electron chi connectivity index (χ2n) is 3.77. The minimum absolute atomic E-state index is 0.289.